The summed E-state index contributed by atoms with van der Waals surface area (Å²) in [5.74, 6) is 1.69. The lowest BCUT2D eigenvalue weighted by molar-refractivity contribution is 0.194. The van der Waals surface area contributed by atoms with E-state index >= 15 is 0 Å². The summed E-state index contributed by atoms with van der Waals surface area (Å²) in [4.78, 5) is 2.95. The Morgan fingerprint density at radius 2 is 1.95 bits per heavy atom. The highest BCUT2D eigenvalue weighted by Gasteiger charge is 2.28. The first-order valence-electron chi connectivity index (χ1n) is 7.87. The molecule has 0 aliphatic heterocycles. The van der Waals surface area contributed by atoms with Crippen molar-refractivity contribution in [1.82, 2.24) is 5.32 Å². The standard InChI is InChI=1S/C17H29NS/c1-12(2)16-7-5-6-8-17(16)18-13(3)11-15-10-9-14(4)19-15/h9-10,12-13,16-18H,5-8,11H2,1-4H3. The molecule has 0 spiro atoms. The van der Waals surface area contributed by atoms with E-state index in [1.165, 1.54) is 41.9 Å². The first kappa shape index (κ1) is 15.1. The van der Waals surface area contributed by atoms with Crippen LogP contribution in [-0.2, 0) is 6.42 Å². The molecule has 1 N–H and O–H groups in total. The van der Waals surface area contributed by atoms with E-state index < -0.39 is 0 Å². The second-order valence-electron chi connectivity index (χ2n) is 6.58. The van der Waals surface area contributed by atoms with Crippen molar-refractivity contribution < 1.29 is 0 Å². The van der Waals surface area contributed by atoms with Crippen molar-refractivity contribution in [2.45, 2.75) is 71.9 Å². The molecule has 3 unspecified atom stereocenters. The third kappa shape index (κ3) is 4.32. The molecule has 1 nitrogen and oxygen atoms in total. The van der Waals surface area contributed by atoms with E-state index in [9.17, 15) is 0 Å². The molecule has 1 aliphatic carbocycles. The van der Waals surface area contributed by atoms with Crippen LogP contribution in [0.15, 0.2) is 12.1 Å². The zero-order valence-corrected chi connectivity index (χ0v) is 13.7. The first-order valence-corrected chi connectivity index (χ1v) is 8.69. The molecule has 0 amide bonds. The van der Waals surface area contributed by atoms with Crippen LogP contribution in [0.2, 0.25) is 0 Å². The fraction of sp³-hybridized carbons (Fsp3) is 0.765. The molecule has 3 atom stereocenters. The normalized spacial score (nSPS) is 25.7. The van der Waals surface area contributed by atoms with Gasteiger partial charge >= 0.3 is 0 Å². The van der Waals surface area contributed by atoms with Gasteiger partial charge in [-0.3, -0.25) is 0 Å². The summed E-state index contributed by atoms with van der Waals surface area (Å²) in [6.07, 6.45) is 6.81. The van der Waals surface area contributed by atoms with E-state index in [0.717, 1.165) is 17.9 Å². The number of hydrogen-bond acceptors (Lipinski definition) is 2. The van der Waals surface area contributed by atoms with Gasteiger partial charge < -0.3 is 5.32 Å². The number of rotatable bonds is 5. The minimum Gasteiger partial charge on any atom is -0.311 e. The first-order chi connectivity index (χ1) is 9.06. The molecular weight excluding hydrogens is 250 g/mol. The van der Waals surface area contributed by atoms with Gasteiger partial charge in [0.25, 0.3) is 0 Å². The summed E-state index contributed by atoms with van der Waals surface area (Å²) in [5.41, 5.74) is 0. The van der Waals surface area contributed by atoms with Gasteiger partial charge in [-0.1, -0.05) is 26.7 Å². The zero-order valence-electron chi connectivity index (χ0n) is 12.9. The Balaban J connectivity index is 1.87. The molecule has 19 heavy (non-hydrogen) atoms. The SMILES string of the molecule is Cc1ccc(CC(C)NC2CCCCC2C(C)C)s1. The summed E-state index contributed by atoms with van der Waals surface area (Å²) < 4.78 is 0. The van der Waals surface area contributed by atoms with E-state index in [1.54, 1.807) is 0 Å². The average Bonchev–Trinajstić information content (AvgIpc) is 2.75. The monoisotopic (exact) mass is 279 g/mol. The fourth-order valence-corrected chi connectivity index (χ4v) is 4.50. The lowest BCUT2D eigenvalue weighted by Crippen LogP contribution is -2.45. The maximum atomic E-state index is 3.91. The van der Waals surface area contributed by atoms with Crippen LogP contribution in [0.3, 0.4) is 0 Å². The van der Waals surface area contributed by atoms with Gasteiger partial charge in [0.2, 0.25) is 0 Å². The van der Waals surface area contributed by atoms with Crippen molar-refractivity contribution in [3.63, 3.8) is 0 Å². The summed E-state index contributed by atoms with van der Waals surface area (Å²) in [7, 11) is 0. The smallest absolute Gasteiger partial charge is 0.0100 e. The van der Waals surface area contributed by atoms with Crippen LogP contribution >= 0.6 is 11.3 Å². The van der Waals surface area contributed by atoms with Crippen molar-refractivity contribution >= 4 is 11.3 Å². The van der Waals surface area contributed by atoms with E-state index in [4.69, 9.17) is 0 Å². The van der Waals surface area contributed by atoms with Crippen LogP contribution in [0.5, 0.6) is 0 Å². The number of thiophene rings is 1. The molecule has 1 aromatic heterocycles. The van der Waals surface area contributed by atoms with E-state index in [1.807, 2.05) is 11.3 Å². The van der Waals surface area contributed by atoms with Gasteiger partial charge in [-0.25, -0.2) is 0 Å². The summed E-state index contributed by atoms with van der Waals surface area (Å²) in [6, 6.07) is 5.87. The topological polar surface area (TPSA) is 12.0 Å². The Hall–Kier alpha value is -0.340. The molecule has 2 rings (SSSR count). The van der Waals surface area contributed by atoms with Crippen molar-refractivity contribution in [2.75, 3.05) is 0 Å². The molecule has 0 radical (unpaired) electrons. The molecule has 1 heterocycles. The van der Waals surface area contributed by atoms with Gasteiger partial charge in [0.05, 0.1) is 0 Å². The van der Waals surface area contributed by atoms with Crippen LogP contribution in [0.4, 0.5) is 0 Å². The molecule has 1 aromatic rings. The summed E-state index contributed by atoms with van der Waals surface area (Å²) >= 11 is 1.95. The van der Waals surface area contributed by atoms with Gasteiger partial charge in [-0.2, -0.15) is 0 Å². The quantitative estimate of drug-likeness (QED) is 0.817. The Labute approximate surface area is 122 Å². The van der Waals surface area contributed by atoms with Crippen molar-refractivity contribution in [3.05, 3.63) is 21.9 Å². The van der Waals surface area contributed by atoms with Gasteiger partial charge in [-0.05, 0) is 57.1 Å². The molecule has 2 heteroatoms. The number of hydrogen-bond donors (Lipinski definition) is 1. The molecule has 0 aromatic carbocycles. The fourth-order valence-electron chi connectivity index (χ4n) is 3.49. The lowest BCUT2D eigenvalue weighted by Gasteiger charge is -2.36. The number of nitrogens with one attached hydrogen (secondary N) is 1. The van der Waals surface area contributed by atoms with Gasteiger partial charge in [0.1, 0.15) is 0 Å². The Kier molecular flexibility index (Phi) is 5.47. The zero-order chi connectivity index (χ0) is 13.8. The highest BCUT2D eigenvalue weighted by molar-refractivity contribution is 7.11. The average molecular weight is 279 g/mol. The maximum absolute atomic E-state index is 3.91. The van der Waals surface area contributed by atoms with Crippen LogP contribution in [-0.4, -0.2) is 12.1 Å². The van der Waals surface area contributed by atoms with Crippen molar-refractivity contribution in [3.8, 4) is 0 Å². The molecule has 1 aliphatic rings. The van der Waals surface area contributed by atoms with Crippen LogP contribution in [0.1, 0.15) is 56.2 Å². The molecule has 1 fully saturated rings. The summed E-state index contributed by atoms with van der Waals surface area (Å²) in [5, 5.41) is 3.91. The molecule has 0 saturated heterocycles. The van der Waals surface area contributed by atoms with Gasteiger partial charge in [0, 0.05) is 21.8 Å². The van der Waals surface area contributed by atoms with E-state index in [-0.39, 0.29) is 0 Å². The summed E-state index contributed by atoms with van der Waals surface area (Å²) in [6.45, 7) is 9.32. The third-order valence-electron chi connectivity index (χ3n) is 4.48. The Bertz CT molecular complexity index is 382. The van der Waals surface area contributed by atoms with Crippen molar-refractivity contribution in [1.29, 1.82) is 0 Å². The van der Waals surface area contributed by atoms with Crippen LogP contribution in [0, 0.1) is 18.8 Å². The Morgan fingerprint density at radius 3 is 2.58 bits per heavy atom. The van der Waals surface area contributed by atoms with Crippen LogP contribution < -0.4 is 5.32 Å². The predicted octanol–water partition coefficient (Wildman–Crippen LogP) is 4.79. The predicted molar refractivity (Wildman–Crippen MR) is 85.9 cm³/mol. The second kappa shape index (κ2) is 6.90. The molecule has 1 saturated carbocycles. The molecular formula is C17H29NS. The van der Waals surface area contributed by atoms with Gasteiger partial charge in [0.15, 0.2) is 0 Å². The lowest BCUT2D eigenvalue weighted by atomic mass is 9.77. The number of aryl methyl sites for hydroxylation is 1. The minimum absolute atomic E-state index is 0.599. The molecule has 108 valence electrons. The highest BCUT2D eigenvalue weighted by Crippen LogP contribution is 2.30. The largest absolute Gasteiger partial charge is 0.311 e. The van der Waals surface area contributed by atoms with Gasteiger partial charge in [-0.15, -0.1) is 11.3 Å². The van der Waals surface area contributed by atoms with Crippen LogP contribution in [0.25, 0.3) is 0 Å². The Morgan fingerprint density at radius 1 is 1.21 bits per heavy atom. The highest BCUT2D eigenvalue weighted by atomic mass is 32.1. The van der Waals surface area contributed by atoms with Crippen molar-refractivity contribution in [2.24, 2.45) is 11.8 Å². The van der Waals surface area contributed by atoms with E-state index in [0.29, 0.717) is 6.04 Å². The maximum Gasteiger partial charge on any atom is 0.0100 e. The van der Waals surface area contributed by atoms with E-state index in [2.05, 4.69) is 45.1 Å². The minimum atomic E-state index is 0.599. The molecule has 0 bridgehead atoms. The third-order valence-corrected chi connectivity index (χ3v) is 5.50. The second-order valence-corrected chi connectivity index (χ2v) is 7.96.